The Morgan fingerprint density at radius 3 is 2.93 bits per heavy atom. The van der Waals surface area contributed by atoms with Crippen molar-refractivity contribution in [3.63, 3.8) is 0 Å². The van der Waals surface area contributed by atoms with E-state index in [4.69, 9.17) is 0 Å². The van der Waals surface area contributed by atoms with Gasteiger partial charge >= 0.3 is 0 Å². The van der Waals surface area contributed by atoms with Crippen molar-refractivity contribution >= 4 is 0 Å². The second-order valence-electron chi connectivity index (χ2n) is 4.29. The minimum Gasteiger partial charge on any atom is -0.390 e. The smallest absolute Gasteiger partial charge is 0.136 e. The van der Waals surface area contributed by atoms with E-state index in [9.17, 15) is 9.50 Å². The van der Waals surface area contributed by atoms with Gasteiger partial charge < -0.3 is 5.11 Å². The molecule has 1 heterocycles. The van der Waals surface area contributed by atoms with E-state index in [-0.39, 0.29) is 6.61 Å². The topological polar surface area (TPSA) is 38.0 Å². The standard InChI is InChI=1S/C11H17FN2O/c1-3-14-9-5-4-6-11(2,12)10(9)8(7-15)13-14/h15H,3-7H2,1-2H3. The lowest BCUT2D eigenvalue weighted by molar-refractivity contribution is 0.156. The third-order valence-corrected chi connectivity index (χ3v) is 3.16. The van der Waals surface area contributed by atoms with Crippen LogP contribution in [0.3, 0.4) is 0 Å². The Kier molecular flexibility index (Phi) is 2.54. The van der Waals surface area contributed by atoms with E-state index in [0.29, 0.717) is 17.7 Å². The zero-order valence-electron chi connectivity index (χ0n) is 9.26. The molecule has 0 spiro atoms. The van der Waals surface area contributed by atoms with Gasteiger partial charge in [0.05, 0.1) is 12.3 Å². The van der Waals surface area contributed by atoms with E-state index in [1.54, 1.807) is 6.92 Å². The van der Waals surface area contributed by atoms with Gasteiger partial charge in [-0.05, 0) is 33.1 Å². The number of rotatable bonds is 2. The van der Waals surface area contributed by atoms with Crippen LogP contribution in [-0.4, -0.2) is 14.9 Å². The van der Waals surface area contributed by atoms with E-state index >= 15 is 0 Å². The second kappa shape index (κ2) is 3.59. The van der Waals surface area contributed by atoms with Gasteiger partial charge in [-0.15, -0.1) is 0 Å². The van der Waals surface area contributed by atoms with Crippen LogP contribution in [0, 0.1) is 0 Å². The van der Waals surface area contributed by atoms with Crippen LogP contribution in [0.2, 0.25) is 0 Å². The molecule has 3 nitrogen and oxygen atoms in total. The van der Waals surface area contributed by atoms with Crippen molar-refractivity contribution in [2.75, 3.05) is 0 Å². The molecule has 1 atom stereocenters. The molecule has 1 aromatic heterocycles. The number of alkyl halides is 1. The minimum absolute atomic E-state index is 0.172. The molecule has 1 aliphatic carbocycles. The van der Waals surface area contributed by atoms with E-state index < -0.39 is 5.67 Å². The van der Waals surface area contributed by atoms with Gasteiger partial charge in [-0.3, -0.25) is 4.68 Å². The molecule has 0 bridgehead atoms. The monoisotopic (exact) mass is 212 g/mol. The van der Waals surface area contributed by atoms with Crippen LogP contribution in [0.25, 0.3) is 0 Å². The first kappa shape index (κ1) is 10.6. The van der Waals surface area contributed by atoms with Gasteiger partial charge in [-0.1, -0.05) is 0 Å². The summed E-state index contributed by atoms with van der Waals surface area (Å²) in [5, 5.41) is 13.4. The molecular formula is C11H17FN2O. The van der Waals surface area contributed by atoms with Crippen molar-refractivity contribution in [2.24, 2.45) is 0 Å². The quantitative estimate of drug-likeness (QED) is 0.813. The molecule has 1 N–H and O–H groups in total. The molecule has 84 valence electrons. The highest BCUT2D eigenvalue weighted by molar-refractivity contribution is 5.34. The summed E-state index contributed by atoms with van der Waals surface area (Å²) in [6.45, 7) is 4.14. The second-order valence-corrected chi connectivity index (χ2v) is 4.29. The van der Waals surface area contributed by atoms with Gasteiger partial charge in [0, 0.05) is 17.8 Å². The number of aliphatic hydroxyl groups excluding tert-OH is 1. The lowest BCUT2D eigenvalue weighted by Gasteiger charge is -2.26. The summed E-state index contributed by atoms with van der Waals surface area (Å²) >= 11 is 0. The van der Waals surface area contributed by atoms with Crippen LogP contribution in [-0.2, 0) is 25.2 Å². The molecule has 2 rings (SSSR count). The molecule has 0 fully saturated rings. The number of aryl methyl sites for hydroxylation is 1. The van der Waals surface area contributed by atoms with E-state index in [1.807, 2.05) is 11.6 Å². The van der Waals surface area contributed by atoms with Gasteiger partial charge in [0.2, 0.25) is 0 Å². The molecule has 0 aliphatic heterocycles. The van der Waals surface area contributed by atoms with Crippen molar-refractivity contribution in [1.82, 2.24) is 9.78 Å². The molecule has 15 heavy (non-hydrogen) atoms. The Labute approximate surface area is 88.9 Å². The van der Waals surface area contributed by atoms with Crippen molar-refractivity contribution in [3.05, 3.63) is 17.0 Å². The Bertz CT molecular complexity index is 371. The van der Waals surface area contributed by atoms with Crippen molar-refractivity contribution in [2.45, 2.75) is 51.9 Å². The number of aromatic nitrogens is 2. The Morgan fingerprint density at radius 2 is 2.33 bits per heavy atom. The highest BCUT2D eigenvalue weighted by atomic mass is 19.1. The van der Waals surface area contributed by atoms with Gasteiger partial charge in [0.15, 0.2) is 0 Å². The van der Waals surface area contributed by atoms with Crippen LogP contribution in [0.1, 0.15) is 43.6 Å². The first-order chi connectivity index (χ1) is 7.10. The largest absolute Gasteiger partial charge is 0.390 e. The maximum Gasteiger partial charge on any atom is 0.136 e. The SMILES string of the molecule is CCn1nc(CO)c2c1CCCC2(C)F. The third-order valence-electron chi connectivity index (χ3n) is 3.16. The molecule has 1 aliphatic rings. The van der Waals surface area contributed by atoms with Crippen LogP contribution in [0.4, 0.5) is 4.39 Å². The normalized spacial score (nSPS) is 25.3. The molecule has 1 aromatic rings. The van der Waals surface area contributed by atoms with Gasteiger partial charge in [0.25, 0.3) is 0 Å². The summed E-state index contributed by atoms with van der Waals surface area (Å²) in [5.74, 6) is 0. The fourth-order valence-electron chi connectivity index (χ4n) is 2.49. The molecule has 0 radical (unpaired) electrons. The Hall–Kier alpha value is -0.900. The number of fused-ring (bicyclic) bond motifs is 1. The number of hydrogen-bond acceptors (Lipinski definition) is 2. The van der Waals surface area contributed by atoms with Crippen LogP contribution in [0.5, 0.6) is 0 Å². The molecule has 0 saturated carbocycles. The lowest BCUT2D eigenvalue weighted by atomic mass is 9.84. The maximum absolute atomic E-state index is 14.3. The first-order valence-corrected chi connectivity index (χ1v) is 5.49. The summed E-state index contributed by atoms with van der Waals surface area (Å²) in [6.07, 6.45) is 2.26. The van der Waals surface area contributed by atoms with E-state index in [0.717, 1.165) is 25.1 Å². The third kappa shape index (κ3) is 1.57. The van der Waals surface area contributed by atoms with Gasteiger partial charge in [-0.25, -0.2) is 4.39 Å². The lowest BCUT2D eigenvalue weighted by Crippen LogP contribution is -2.23. The number of halogens is 1. The molecular weight excluding hydrogens is 195 g/mol. The Morgan fingerprint density at radius 1 is 1.60 bits per heavy atom. The summed E-state index contributed by atoms with van der Waals surface area (Å²) in [4.78, 5) is 0. The van der Waals surface area contributed by atoms with Crippen molar-refractivity contribution in [1.29, 1.82) is 0 Å². The average Bonchev–Trinajstić information content (AvgIpc) is 2.57. The summed E-state index contributed by atoms with van der Waals surface area (Å²) in [5.41, 5.74) is 0.798. The Balaban J connectivity index is 2.58. The zero-order chi connectivity index (χ0) is 11.1. The predicted octanol–water partition coefficient (Wildman–Crippen LogP) is 1.92. The highest BCUT2D eigenvalue weighted by Crippen LogP contribution is 2.40. The van der Waals surface area contributed by atoms with Crippen LogP contribution >= 0.6 is 0 Å². The number of aliphatic hydroxyl groups is 1. The van der Waals surface area contributed by atoms with Crippen molar-refractivity contribution < 1.29 is 9.50 Å². The van der Waals surface area contributed by atoms with Crippen LogP contribution in [0.15, 0.2) is 0 Å². The highest BCUT2D eigenvalue weighted by Gasteiger charge is 2.37. The minimum atomic E-state index is -1.32. The fraction of sp³-hybridized carbons (Fsp3) is 0.727. The van der Waals surface area contributed by atoms with Gasteiger partial charge in [-0.2, -0.15) is 5.10 Å². The first-order valence-electron chi connectivity index (χ1n) is 5.49. The summed E-state index contributed by atoms with van der Waals surface area (Å²) in [7, 11) is 0. The maximum atomic E-state index is 14.3. The summed E-state index contributed by atoms with van der Waals surface area (Å²) < 4.78 is 16.1. The van der Waals surface area contributed by atoms with Crippen LogP contribution < -0.4 is 0 Å². The van der Waals surface area contributed by atoms with E-state index in [2.05, 4.69) is 5.10 Å². The van der Waals surface area contributed by atoms with E-state index in [1.165, 1.54) is 0 Å². The fourth-order valence-corrected chi connectivity index (χ4v) is 2.49. The van der Waals surface area contributed by atoms with Crippen molar-refractivity contribution in [3.8, 4) is 0 Å². The molecule has 4 heteroatoms. The average molecular weight is 212 g/mol. The summed E-state index contributed by atoms with van der Waals surface area (Å²) in [6, 6.07) is 0. The molecule has 0 amide bonds. The molecule has 1 unspecified atom stereocenters. The molecule has 0 aromatic carbocycles. The zero-order valence-corrected chi connectivity index (χ0v) is 9.26. The predicted molar refractivity (Wildman–Crippen MR) is 55.2 cm³/mol. The number of hydrogen-bond donors (Lipinski definition) is 1. The number of nitrogens with zero attached hydrogens (tertiary/aromatic N) is 2. The van der Waals surface area contributed by atoms with Gasteiger partial charge in [0.1, 0.15) is 5.67 Å². The molecule has 0 saturated heterocycles.